The summed E-state index contributed by atoms with van der Waals surface area (Å²) in [5.41, 5.74) is 0. The number of carbonyl (C=O) groups excluding carboxylic acids is 1. The quantitative estimate of drug-likeness (QED) is 0.705. The maximum atomic E-state index is 11.8. The largest absolute Gasteiger partial charge is 0.468 e. The predicted octanol–water partition coefficient (Wildman–Crippen LogP) is 0.735. The van der Waals surface area contributed by atoms with Gasteiger partial charge in [0.05, 0.1) is 19.8 Å². The Balaban J connectivity index is 1.89. The number of hydrogen-bond donors (Lipinski definition) is 0. The van der Waals surface area contributed by atoms with Gasteiger partial charge >= 0.3 is 5.97 Å². The van der Waals surface area contributed by atoms with Crippen LogP contribution in [0.3, 0.4) is 0 Å². The summed E-state index contributed by atoms with van der Waals surface area (Å²) in [6.07, 6.45) is 3.41. The highest BCUT2D eigenvalue weighted by Crippen LogP contribution is 2.19. The summed E-state index contributed by atoms with van der Waals surface area (Å²) < 4.78 is 10.8. The van der Waals surface area contributed by atoms with E-state index in [9.17, 15) is 4.79 Å². The van der Waals surface area contributed by atoms with Gasteiger partial charge in [-0.1, -0.05) is 13.3 Å². The molecular weight excluding hydrogens is 244 g/mol. The second-order valence-electron chi connectivity index (χ2n) is 5.42. The van der Waals surface area contributed by atoms with E-state index in [1.54, 1.807) is 0 Å². The minimum absolute atomic E-state index is 0.0700. The fourth-order valence-electron chi connectivity index (χ4n) is 3.05. The van der Waals surface area contributed by atoms with Crippen LogP contribution in [0.2, 0.25) is 0 Å². The number of morpholine rings is 1. The van der Waals surface area contributed by atoms with Crippen molar-refractivity contribution < 1.29 is 14.3 Å². The van der Waals surface area contributed by atoms with Crippen LogP contribution < -0.4 is 0 Å². The predicted molar refractivity (Wildman–Crippen MR) is 73.1 cm³/mol. The highest BCUT2D eigenvalue weighted by Gasteiger charge is 2.32. The number of esters is 1. The molecule has 0 bridgehead atoms. The molecule has 2 rings (SSSR count). The molecule has 1 unspecified atom stereocenters. The lowest BCUT2D eigenvalue weighted by atomic mass is 10.0. The zero-order chi connectivity index (χ0) is 13.7. The third-order valence-corrected chi connectivity index (χ3v) is 4.20. The number of methoxy groups -OCH3 is 1. The lowest BCUT2D eigenvalue weighted by Crippen LogP contribution is -2.52. The second-order valence-corrected chi connectivity index (χ2v) is 5.42. The lowest BCUT2D eigenvalue weighted by molar-refractivity contribution is -0.149. The molecule has 0 saturated carbocycles. The molecular formula is C14H26N2O3. The van der Waals surface area contributed by atoms with Crippen LogP contribution in [-0.2, 0) is 14.3 Å². The van der Waals surface area contributed by atoms with E-state index in [2.05, 4.69) is 16.7 Å². The third kappa shape index (κ3) is 3.91. The highest BCUT2D eigenvalue weighted by molar-refractivity contribution is 5.75. The summed E-state index contributed by atoms with van der Waals surface area (Å²) in [5.74, 6) is -0.0946. The maximum absolute atomic E-state index is 11.8. The van der Waals surface area contributed by atoms with Crippen LogP contribution in [0.25, 0.3) is 0 Å². The summed E-state index contributed by atoms with van der Waals surface area (Å²) in [7, 11) is 1.48. The Bertz CT molecular complexity index is 298. The number of ether oxygens (including phenoxy) is 2. The van der Waals surface area contributed by atoms with Crippen LogP contribution in [0, 0.1) is 0 Å². The number of rotatable bonds is 4. The van der Waals surface area contributed by atoms with Crippen LogP contribution in [0.1, 0.15) is 26.2 Å². The van der Waals surface area contributed by atoms with Gasteiger partial charge in [0.25, 0.3) is 0 Å². The second kappa shape index (κ2) is 7.22. The van der Waals surface area contributed by atoms with Gasteiger partial charge < -0.3 is 9.47 Å². The fraction of sp³-hybridized carbons (Fsp3) is 0.929. The molecule has 19 heavy (non-hydrogen) atoms. The van der Waals surface area contributed by atoms with Crippen LogP contribution in [0.5, 0.6) is 0 Å². The van der Waals surface area contributed by atoms with Gasteiger partial charge in [0.1, 0.15) is 6.04 Å². The molecule has 2 aliphatic heterocycles. The normalized spacial score (nSPS) is 30.2. The SMILES string of the molecule is CCN1CCOC(CN2CCCC[C@@H]2C(=O)OC)C1. The zero-order valence-corrected chi connectivity index (χ0v) is 12.1. The van der Waals surface area contributed by atoms with Gasteiger partial charge in [0.2, 0.25) is 0 Å². The van der Waals surface area contributed by atoms with Crippen molar-refractivity contribution in [2.45, 2.75) is 38.3 Å². The Morgan fingerprint density at radius 3 is 2.95 bits per heavy atom. The van der Waals surface area contributed by atoms with Gasteiger partial charge in [-0.2, -0.15) is 0 Å². The molecule has 0 spiro atoms. The average Bonchev–Trinajstić information content (AvgIpc) is 2.47. The Morgan fingerprint density at radius 2 is 2.21 bits per heavy atom. The molecule has 0 amide bonds. The van der Waals surface area contributed by atoms with E-state index in [1.165, 1.54) is 7.11 Å². The van der Waals surface area contributed by atoms with Crippen molar-refractivity contribution in [3.05, 3.63) is 0 Å². The molecule has 0 aliphatic carbocycles. The average molecular weight is 270 g/mol. The summed E-state index contributed by atoms with van der Waals surface area (Å²) in [4.78, 5) is 16.5. The van der Waals surface area contributed by atoms with Gasteiger partial charge in [-0.15, -0.1) is 0 Å². The summed E-state index contributed by atoms with van der Waals surface area (Å²) in [6, 6.07) is -0.0700. The molecule has 5 heteroatoms. The summed E-state index contributed by atoms with van der Waals surface area (Å²) in [6.45, 7) is 7.87. The Morgan fingerprint density at radius 1 is 1.37 bits per heavy atom. The molecule has 0 aromatic carbocycles. The molecule has 0 radical (unpaired) electrons. The van der Waals surface area contributed by atoms with Crippen molar-refractivity contribution in [2.24, 2.45) is 0 Å². The van der Waals surface area contributed by atoms with Gasteiger partial charge in [-0.3, -0.25) is 14.6 Å². The van der Waals surface area contributed by atoms with Crippen molar-refractivity contribution >= 4 is 5.97 Å². The molecule has 2 aliphatic rings. The summed E-state index contributed by atoms with van der Waals surface area (Å²) in [5, 5.41) is 0. The Hall–Kier alpha value is -0.650. The van der Waals surface area contributed by atoms with Crippen molar-refractivity contribution in [3.8, 4) is 0 Å². The van der Waals surface area contributed by atoms with Crippen LogP contribution >= 0.6 is 0 Å². The van der Waals surface area contributed by atoms with E-state index in [0.29, 0.717) is 0 Å². The smallest absolute Gasteiger partial charge is 0.323 e. The molecule has 2 fully saturated rings. The lowest BCUT2D eigenvalue weighted by Gasteiger charge is -2.39. The number of nitrogens with zero attached hydrogens (tertiary/aromatic N) is 2. The standard InChI is InChI=1S/C14H26N2O3/c1-3-15-8-9-19-12(10-15)11-16-7-5-4-6-13(16)14(17)18-2/h12-13H,3-11H2,1-2H3/t12?,13-/m1/s1. The first kappa shape index (κ1) is 14.8. The molecule has 2 saturated heterocycles. The molecule has 0 aromatic heterocycles. The fourth-order valence-corrected chi connectivity index (χ4v) is 3.05. The highest BCUT2D eigenvalue weighted by atomic mass is 16.5. The van der Waals surface area contributed by atoms with Gasteiger partial charge in [0, 0.05) is 19.6 Å². The van der Waals surface area contributed by atoms with Gasteiger partial charge in [-0.25, -0.2) is 0 Å². The first-order chi connectivity index (χ1) is 9.24. The van der Waals surface area contributed by atoms with Crippen LogP contribution in [0.4, 0.5) is 0 Å². The van der Waals surface area contributed by atoms with Crippen molar-refractivity contribution in [2.75, 3.05) is 46.4 Å². The number of carbonyl (C=O) groups is 1. The number of likely N-dealkylation sites (N-methyl/N-ethyl adjacent to an activating group) is 1. The maximum Gasteiger partial charge on any atom is 0.323 e. The molecule has 110 valence electrons. The van der Waals surface area contributed by atoms with E-state index in [0.717, 1.165) is 58.6 Å². The van der Waals surface area contributed by atoms with E-state index in [-0.39, 0.29) is 18.1 Å². The first-order valence-corrected chi connectivity index (χ1v) is 7.40. The monoisotopic (exact) mass is 270 g/mol. The molecule has 5 nitrogen and oxygen atoms in total. The number of likely N-dealkylation sites (tertiary alicyclic amines) is 1. The summed E-state index contributed by atoms with van der Waals surface area (Å²) >= 11 is 0. The van der Waals surface area contributed by atoms with Crippen molar-refractivity contribution in [1.29, 1.82) is 0 Å². The van der Waals surface area contributed by atoms with Gasteiger partial charge in [-0.05, 0) is 25.9 Å². The Labute approximate surface area is 115 Å². The van der Waals surface area contributed by atoms with Crippen LogP contribution in [0.15, 0.2) is 0 Å². The molecule has 2 atom stereocenters. The van der Waals surface area contributed by atoms with E-state index in [1.807, 2.05) is 0 Å². The van der Waals surface area contributed by atoms with E-state index < -0.39 is 0 Å². The topological polar surface area (TPSA) is 42.0 Å². The van der Waals surface area contributed by atoms with E-state index >= 15 is 0 Å². The minimum atomic E-state index is -0.0946. The zero-order valence-electron chi connectivity index (χ0n) is 12.1. The van der Waals surface area contributed by atoms with Crippen molar-refractivity contribution in [3.63, 3.8) is 0 Å². The molecule has 0 N–H and O–H groups in total. The molecule has 2 heterocycles. The number of hydrogen-bond acceptors (Lipinski definition) is 5. The third-order valence-electron chi connectivity index (χ3n) is 4.20. The first-order valence-electron chi connectivity index (χ1n) is 7.40. The molecule has 0 aromatic rings. The van der Waals surface area contributed by atoms with Gasteiger partial charge in [0.15, 0.2) is 0 Å². The van der Waals surface area contributed by atoms with E-state index in [4.69, 9.17) is 9.47 Å². The Kier molecular flexibility index (Phi) is 5.60. The minimum Gasteiger partial charge on any atom is -0.468 e. The van der Waals surface area contributed by atoms with Crippen LogP contribution in [-0.4, -0.2) is 74.4 Å². The van der Waals surface area contributed by atoms with Crippen molar-refractivity contribution in [1.82, 2.24) is 9.80 Å². The number of piperidine rings is 1.